The summed E-state index contributed by atoms with van der Waals surface area (Å²) in [7, 11) is 0. The summed E-state index contributed by atoms with van der Waals surface area (Å²) in [6, 6.07) is 14.3. The van der Waals surface area contributed by atoms with E-state index in [0.29, 0.717) is 6.54 Å². The molecule has 25 heavy (non-hydrogen) atoms. The molecule has 0 aliphatic carbocycles. The van der Waals surface area contributed by atoms with Gasteiger partial charge in [-0.15, -0.1) is 0 Å². The standard InChI is InChI=1S/C19H15FN2O2S/c20-15-7-5-13(6-8-15)9-21-10-14(16-3-1-2-4-17(16)21)11-22-18(23)12-25-19(22)24/h1-8,10H,9,11-12H2. The molecule has 1 fully saturated rings. The van der Waals surface area contributed by atoms with E-state index in [0.717, 1.165) is 33.8 Å². The summed E-state index contributed by atoms with van der Waals surface area (Å²) < 4.78 is 15.2. The first-order chi connectivity index (χ1) is 12.1. The maximum atomic E-state index is 13.1. The number of carbonyl (C=O) groups is 2. The Kier molecular flexibility index (Phi) is 4.05. The maximum absolute atomic E-state index is 13.1. The van der Waals surface area contributed by atoms with E-state index in [9.17, 15) is 14.0 Å². The number of nitrogens with zero attached hydrogens (tertiary/aromatic N) is 2. The first-order valence-corrected chi connectivity index (χ1v) is 8.89. The van der Waals surface area contributed by atoms with Crippen molar-refractivity contribution in [2.75, 3.05) is 5.75 Å². The van der Waals surface area contributed by atoms with Crippen molar-refractivity contribution in [3.63, 3.8) is 0 Å². The van der Waals surface area contributed by atoms with Crippen LogP contribution in [0.4, 0.5) is 9.18 Å². The summed E-state index contributed by atoms with van der Waals surface area (Å²) in [6.45, 7) is 0.874. The Bertz CT molecular complexity index is 949. The van der Waals surface area contributed by atoms with Crippen LogP contribution in [0.3, 0.4) is 0 Å². The zero-order chi connectivity index (χ0) is 17.4. The Morgan fingerprint density at radius 1 is 1.00 bits per heavy atom. The molecule has 4 rings (SSSR count). The van der Waals surface area contributed by atoms with E-state index in [-0.39, 0.29) is 29.3 Å². The smallest absolute Gasteiger partial charge is 0.289 e. The second-order valence-electron chi connectivity index (χ2n) is 5.96. The average Bonchev–Trinajstić information content (AvgIpc) is 3.12. The highest BCUT2D eigenvalue weighted by molar-refractivity contribution is 8.14. The number of hydrogen-bond donors (Lipinski definition) is 0. The highest BCUT2D eigenvalue weighted by Crippen LogP contribution is 2.27. The van der Waals surface area contributed by atoms with Crippen molar-refractivity contribution in [1.29, 1.82) is 0 Å². The number of fused-ring (bicyclic) bond motifs is 1. The molecule has 2 heterocycles. The van der Waals surface area contributed by atoms with Gasteiger partial charge in [-0.2, -0.15) is 0 Å². The van der Waals surface area contributed by atoms with E-state index in [2.05, 4.69) is 4.57 Å². The molecule has 0 radical (unpaired) electrons. The minimum Gasteiger partial charge on any atom is -0.343 e. The number of amides is 2. The number of halogens is 1. The summed E-state index contributed by atoms with van der Waals surface area (Å²) >= 11 is 1.04. The van der Waals surface area contributed by atoms with Gasteiger partial charge in [0.1, 0.15) is 5.82 Å². The van der Waals surface area contributed by atoms with E-state index in [1.165, 1.54) is 17.0 Å². The van der Waals surface area contributed by atoms with Crippen LogP contribution in [0, 0.1) is 5.82 Å². The van der Waals surface area contributed by atoms with E-state index in [1.54, 1.807) is 12.1 Å². The number of rotatable bonds is 4. The summed E-state index contributed by atoms with van der Waals surface area (Å²) in [6.07, 6.45) is 1.97. The minimum atomic E-state index is -0.259. The molecule has 1 aliphatic rings. The number of aromatic nitrogens is 1. The molecule has 1 saturated heterocycles. The van der Waals surface area contributed by atoms with Crippen LogP contribution in [0.1, 0.15) is 11.1 Å². The van der Waals surface area contributed by atoms with Gasteiger partial charge in [0.25, 0.3) is 5.24 Å². The summed E-state index contributed by atoms with van der Waals surface area (Å²) in [5, 5.41) is 0.822. The first kappa shape index (κ1) is 15.9. The van der Waals surface area contributed by atoms with Crippen LogP contribution in [0.25, 0.3) is 10.9 Å². The molecule has 126 valence electrons. The van der Waals surface area contributed by atoms with Crippen molar-refractivity contribution in [3.05, 3.63) is 71.7 Å². The predicted octanol–water partition coefficient (Wildman–Crippen LogP) is 4.02. The highest BCUT2D eigenvalue weighted by atomic mass is 32.2. The van der Waals surface area contributed by atoms with Crippen molar-refractivity contribution in [2.45, 2.75) is 13.1 Å². The predicted molar refractivity (Wildman–Crippen MR) is 95.8 cm³/mol. The third-order valence-electron chi connectivity index (χ3n) is 4.31. The summed E-state index contributed by atoms with van der Waals surface area (Å²) in [5.74, 6) is -0.191. The molecule has 0 N–H and O–H groups in total. The number of hydrogen-bond acceptors (Lipinski definition) is 3. The van der Waals surface area contributed by atoms with Crippen molar-refractivity contribution in [2.24, 2.45) is 0 Å². The molecule has 4 nitrogen and oxygen atoms in total. The van der Waals surface area contributed by atoms with Crippen molar-refractivity contribution >= 4 is 33.8 Å². The van der Waals surface area contributed by atoms with Crippen molar-refractivity contribution < 1.29 is 14.0 Å². The van der Waals surface area contributed by atoms with Gasteiger partial charge in [0.05, 0.1) is 12.3 Å². The van der Waals surface area contributed by atoms with Crippen LogP contribution in [0.5, 0.6) is 0 Å². The van der Waals surface area contributed by atoms with E-state index < -0.39 is 0 Å². The van der Waals surface area contributed by atoms with Crippen molar-refractivity contribution in [1.82, 2.24) is 9.47 Å². The molecule has 1 aromatic heterocycles. The SMILES string of the molecule is O=C1CSC(=O)N1Cc1cn(Cc2ccc(F)cc2)c2ccccc12. The molecule has 6 heteroatoms. The molecule has 0 saturated carbocycles. The largest absolute Gasteiger partial charge is 0.343 e. The molecular formula is C19H15FN2O2S. The molecule has 3 aromatic rings. The monoisotopic (exact) mass is 354 g/mol. The second kappa shape index (κ2) is 6.37. The van der Waals surface area contributed by atoms with Gasteiger partial charge < -0.3 is 4.57 Å². The fourth-order valence-electron chi connectivity index (χ4n) is 3.07. The van der Waals surface area contributed by atoms with Gasteiger partial charge in [0, 0.05) is 23.6 Å². The lowest BCUT2D eigenvalue weighted by Crippen LogP contribution is -2.27. The molecule has 0 unspecified atom stereocenters. The molecular weight excluding hydrogens is 339 g/mol. The Labute approximate surface area is 148 Å². The van der Waals surface area contributed by atoms with Crippen LogP contribution in [-0.4, -0.2) is 26.4 Å². The van der Waals surface area contributed by atoms with E-state index in [1.807, 2.05) is 30.5 Å². The zero-order valence-electron chi connectivity index (χ0n) is 13.3. The Morgan fingerprint density at radius 3 is 2.48 bits per heavy atom. The van der Waals surface area contributed by atoms with Crippen LogP contribution in [0.2, 0.25) is 0 Å². The molecule has 0 bridgehead atoms. The maximum Gasteiger partial charge on any atom is 0.289 e. The van der Waals surface area contributed by atoms with Crippen LogP contribution < -0.4 is 0 Å². The minimum absolute atomic E-state index is 0.148. The number of thioether (sulfide) groups is 1. The van der Waals surface area contributed by atoms with Gasteiger partial charge in [-0.25, -0.2) is 4.39 Å². The third kappa shape index (κ3) is 3.05. The summed E-state index contributed by atoms with van der Waals surface area (Å²) in [5.41, 5.74) is 2.94. The fourth-order valence-corrected chi connectivity index (χ4v) is 3.80. The Morgan fingerprint density at radius 2 is 1.76 bits per heavy atom. The topological polar surface area (TPSA) is 42.3 Å². The number of carbonyl (C=O) groups excluding carboxylic acids is 2. The molecule has 0 spiro atoms. The van der Waals surface area contributed by atoms with Gasteiger partial charge in [0.2, 0.25) is 5.91 Å². The van der Waals surface area contributed by atoms with Gasteiger partial charge in [-0.1, -0.05) is 42.1 Å². The fraction of sp³-hybridized carbons (Fsp3) is 0.158. The van der Waals surface area contributed by atoms with Gasteiger partial charge in [0.15, 0.2) is 0 Å². The van der Waals surface area contributed by atoms with Crippen LogP contribution in [-0.2, 0) is 17.9 Å². The van der Waals surface area contributed by atoms with Gasteiger partial charge in [-0.05, 0) is 29.3 Å². The number of benzene rings is 2. The molecule has 2 aromatic carbocycles. The normalized spacial score (nSPS) is 14.7. The van der Waals surface area contributed by atoms with Gasteiger partial charge >= 0.3 is 0 Å². The second-order valence-corrected chi connectivity index (χ2v) is 6.89. The molecule has 1 aliphatic heterocycles. The lowest BCUT2D eigenvalue weighted by Gasteiger charge is -2.11. The average molecular weight is 354 g/mol. The van der Waals surface area contributed by atoms with E-state index in [4.69, 9.17) is 0 Å². The lowest BCUT2D eigenvalue weighted by atomic mass is 10.1. The van der Waals surface area contributed by atoms with Crippen molar-refractivity contribution in [3.8, 4) is 0 Å². The zero-order valence-corrected chi connectivity index (χ0v) is 14.1. The summed E-state index contributed by atoms with van der Waals surface area (Å²) in [4.78, 5) is 25.1. The quantitative estimate of drug-likeness (QED) is 0.711. The van der Waals surface area contributed by atoms with Crippen LogP contribution >= 0.6 is 11.8 Å². The van der Waals surface area contributed by atoms with Gasteiger partial charge in [-0.3, -0.25) is 14.5 Å². The number of para-hydroxylation sites is 1. The Hall–Kier alpha value is -2.60. The Balaban J connectivity index is 1.70. The number of imide groups is 1. The van der Waals surface area contributed by atoms with Crippen LogP contribution in [0.15, 0.2) is 54.7 Å². The van der Waals surface area contributed by atoms with E-state index >= 15 is 0 Å². The third-order valence-corrected chi connectivity index (χ3v) is 5.16. The molecule has 0 atom stereocenters. The first-order valence-electron chi connectivity index (χ1n) is 7.90. The lowest BCUT2D eigenvalue weighted by molar-refractivity contribution is -0.124. The molecule has 2 amide bonds. The highest BCUT2D eigenvalue weighted by Gasteiger charge is 2.30.